The van der Waals surface area contributed by atoms with Gasteiger partial charge in [0.05, 0.1) is 23.8 Å². The van der Waals surface area contributed by atoms with Gasteiger partial charge in [0.25, 0.3) is 0 Å². The van der Waals surface area contributed by atoms with Crippen molar-refractivity contribution >= 4 is 11.9 Å². The van der Waals surface area contributed by atoms with Gasteiger partial charge in [0, 0.05) is 0 Å². The highest BCUT2D eigenvalue weighted by molar-refractivity contribution is 5.90. The van der Waals surface area contributed by atoms with E-state index in [0.717, 1.165) is 18.2 Å². The van der Waals surface area contributed by atoms with Crippen LogP contribution in [0, 0.1) is 0 Å². The zero-order valence-electron chi connectivity index (χ0n) is 12.6. The predicted molar refractivity (Wildman–Crippen MR) is 78.3 cm³/mol. The largest absolute Gasteiger partial charge is 0.465 e. The molecule has 2 rings (SSSR count). The average Bonchev–Trinajstić information content (AvgIpc) is 2.58. The molecule has 0 heterocycles. The lowest BCUT2D eigenvalue weighted by atomic mass is 10.1. The maximum absolute atomic E-state index is 12.6. The Bertz CT molecular complexity index is 736. The van der Waals surface area contributed by atoms with Crippen molar-refractivity contribution in [3.05, 3.63) is 70.8 Å². The molecule has 0 N–H and O–H groups in total. The Morgan fingerprint density at radius 2 is 1.62 bits per heavy atom. The summed E-state index contributed by atoms with van der Waals surface area (Å²) in [6.45, 7) is -0.128. The Labute approximate surface area is 135 Å². The number of esters is 2. The molecule has 0 atom stereocenters. The molecule has 126 valence electrons. The maximum Gasteiger partial charge on any atom is 0.416 e. The second kappa shape index (κ2) is 7.16. The fraction of sp³-hybridized carbons (Fsp3) is 0.176. The van der Waals surface area contributed by atoms with Crippen LogP contribution >= 0.6 is 0 Å². The molecular weight excluding hydrogens is 325 g/mol. The summed E-state index contributed by atoms with van der Waals surface area (Å²) >= 11 is 0. The fourth-order valence-electron chi connectivity index (χ4n) is 1.91. The van der Waals surface area contributed by atoms with Crippen molar-refractivity contribution in [2.45, 2.75) is 12.8 Å². The third-order valence-electron chi connectivity index (χ3n) is 3.17. The first kappa shape index (κ1) is 17.5. The number of carbonyl (C=O) groups excluding carboxylic acids is 2. The molecule has 0 aliphatic carbocycles. The Morgan fingerprint density at radius 1 is 0.958 bits per heavy atom. The molecule has 0 amide bonds. The number of hydrogen-bond donors (Lipinski definition) is 0. The number of rotatable bonds is 4. The minimum atomic E-state index is -4.53. The van der Waals surface area contributed by atoms with Crippen molar-refractivity contribution in [2.75, 3.05) is 7.11 Å². The molecule has 2 aromatic carbocycles. The van der Waals surface area contributed by atoms with Crippen molar-refractivity contribution in [3.63, 3.8) is 0 Å². The number of carbonyl (C=O) groups is 2. The van der Waals surface area contributed by atoms with Gasteiger partial charge in [0.15, 0.2) is 0 Å². The first-order chi connectivity index (χ1) is 11.3. The zero-order chi connectivity index (χ0) is 17.7. The predicted octanol–water partition coefficient (Wildman–Crippen LogP) is 3.85. The molecular formula is C17H13F3O4. The number of hydrogen-bond acceptors (Lipinski definition) is 4. The van der Waals surface area contributed by atoms with Crippen molar-refractivity contribution in [3.8, 4) is 0 Å². The van der Waals surface area contributed by atoms with E-state index in [1.165, 1.54) is 25.3 Å². The van der Waals surface area contributed by atoms with Gasteiger partial charge in [-0.1, -0.05) is 18.2 Å². The van der Waals surface area contributed by atoms with Gasteiger partial charge >= 0.3 is 18.1 Å². The van der Waals surface area contributed by atoms with E-state index in [1.807, 2.05) is 0 Å². The molecule has 0 radical (unpaired) electrons. The van der Waals surface area contributed by atoms with E-state index in [4.69, 9.17) is 4.74 Å². The summed E-state index contributed by atoms with van der Waals surface area (Å²) < 4.78 is 47.4. The summed E-state index contributed by atoms with van der Waals surface area (Å²) in [6, 6.07) is 10.1. The molecule has 0 aliphatic heterocycles. The second-order valence-electron chi connectivity index (χ2n) is 4.84. The van der Waals surface area contributed by atoms with Crippen LogP contribution in [-0.4, -0.2) is 19.0 Å². The van der Waals surface area contributed by atoms with Gasteiger partial charge < -0.3 is 9.47 Å². The fourth-order valence-corrected chi connectivity index (χ4v) is 1.91. The molecule has 0 saturated carbocycles. The van der Waals surface area contributed by atoms with E-state index in [9.17, 15) is 22.8 Å². The van der Waals surface area contributed by atoms with Crippen LogP contribution in [0.25, 0.3) is 0 Å². The van der Waals surface area contributed by atoms with Gasteiger partial charge in [-0.25, -0.2) is 9.59 Å². The van der Waals surface area contributed by atoms with Crippen molar-refractivity contribution in [2.24, 2.45) is 0 Å². The third-order valence-corrected chi connectivity index (χ3v) is 3.17. The monoisotopic (exact) mass is 338 g/mol. The van der Waals surface area contributed by atoms with Crippen molar-refractivity contribution < 1.29 is 32.2 Å². The lowest BCUT2D eigenvalue weighted by Gasteiger charge is -2.09. The molecule has 24 heavy (non-hydrogen) atoms. The minimum Gasteiger partial charge on any atom is -0.465 e. The van der Waals surface area contributed by atoms with E-state index in [0.29, 0.717) is 11.1 Å². The molecule has 0 fully saturated rings. The molecule has 0 bridgehead atoms. The van der Waals surface area contributed by atoms with Gasteiger partial charge in [0.2, 0.25) is 0 Å². The molecule has 0 aliphatic rings. The van der Waals surface area contributed by atoms with E-state index in [-0.39, 0.29) is 12.2 Å². The van der Waals surface area contributed by atoms with Crippen LogP contribution in [0.1, 0.15) is 31.8 Å². The SMILES string of the molecule is COC(=O)c1ccc(COC(=O)c2cccc(C(F)(F)F)c2)cc1. The summed E-state index contributed by atoms with van der Waals surface area (Å²) in [5, 5.41) is 0. The zero-order valence-corrected chi connectivity index (χ0v) is 12.6. The lowest BCUT2D eigenvalue weighted by Crippen LogP contribution is -2.09. The molecule has 0 aromatic heterocycles. The average molecular weight is 338 g/mol. The summed E-state index contributed by atoms with van der Waals surface area (Å²) in [5.41, 5.74) is -0.177. The van der Waals surface area contributed by atoms with Crippen LogP contribution in [0.15, 0.2) is 48.5 Å². The van der Waals surface area contributed by atoms with Gasteiger partial charge in [-0.15, -0.1) is 0 Å². The summed E-state index contributed by atoms with van der Waals surface area (Å²) in [7, 11) is 1.26. The minimum absolute atomic E-state index is 0.128. The Kier molecular flexibility index (Phi) is 5.23. The molecule has 0 unspecified atom stereocenters. The van der Waals surface area contributed by atoms with E-state index >= 15 is 0 Å². The van der Waals surface area contributed by atoms with E-state index < -0.39 is 23.7 Å². The summed E-state index contributed by atoms with van der Waals surface area (Å²) in [6.07, 6.45) is -4.53. The van der Waals surface area contributed by atoms with Crippen molar-refractivity contribution in [1.29, 1.82) is 0 Å². The number of halogens is 3. The van der Waals surface area contributed by atoms with E-state index in [1.54, 1.807) is 12.1 Å². The highest BCUT2D eigenvalue weighted by atomic mass is 19.4. The topological polar surface area (TPSA) is 52.6 Å². The third kappa shape index (κ3) is 4.34. The Morgan fingerprint density at radius 3 is 2.21 bits per heavy atom. The number of alkyl halides is 3. The summed E-state index contributed by atoms with van der Waals surface area (Å²) in [5.74, 6) is -1.36. The van der Waals surface area contributed by atoms with Crippen LogP contribution in [0.4, 0.5) is 13.2 Å². The van der Waals surface area contributed by atoms with Gasteiger partial charge in [-0.3, -0.25) is 0 Å². The van der Waals surface area contributed by atoms with Gasteiger partial charge in [0.1, 0.15) is 6.61 Å². The standard InChI is InChI=1S/C17H13F3O4/c1-23-15(21)12-7-5-11(6-8-12)10-24-16(22)13-3-2-4-14(9-13)17(18,19)20/h2-9H,10H2,1H3. The summed E-state index contributed by atoms with van der Waals surface area (Å²) in [4.78, 5) is 23.1. The molecule has 4 nitrogen and oxygen atoms in total. The van der Waals surface area contributed by atoms with Crippen LogP contribution < -0.4 is 0 Å². The number of methoxy groups -OCH3 is 1. The molecule has 7 heteroatoms. The quantitative estimate of drug-likeness (QED) is 0.795. The molecule has 0 saturated heterocycles. The number of benzene rings is 2. The first-order valence-electron chi connectivity index (χ1n) is 6.83. The Balaban J connectivity index is 2.02. The highest BCUT2D eigenvalue weighted by Gasteiger charge is 2.31. The molecule has 2 aromatic rings. The van der Waals surface area contributed by atoms with Gasteiger partial charge in [-0.2, -0.15) is 13.2 Å². The Hall–Kier alpha value is -2.83. The van der Waals surface area contributed by atoms with Crippen LogP contribution in [-0.2, 0) is 22.3 Å². The van der Waals surface area contributed by atoms with Crippen molar-refractivity contribution in [1.82, 2.24) is 0 Å². The van der Waals surface area contributed by atoms with Crippen LogP contribution in [0.2, 0.25) is 0 Å². The normalized spacial score (nSPS) is 11.0. The lowest BCUT2D eigenvalue weighted by molar-refractivity contribution is -0.137. The van der Waals surface area contributed by atoms with Crippen LogP contribution in [0.5, 0.6) is 0 Å². The van der Waals surface area contributed by atoms with E-state index in [2.05, 4.69) is 4.74 Å². The molecule has 0 spiro atoms. The second-order valence-corrected chi connectivity index (χ2v) is 4.84. The first-order valence-corrected chi connectivity index (χ1v) is 6.83. The number of ether oxygens (including phenoxy) is 2. The smallest absolute Gasteiger partial charge is 0.416 e. The van der Waals surface area contributed by atoms with Gasteiger partial charge in [-0.05, 0) is 35.9 Å². The maximum atomic E-state index is 12.6. The highest BCUT2D eigenvalue weighted by Crippen LogP contribution is 2.29. The van der Waals surface area contributed by atoms with Crippen LogP contribution in [0.3, 0.4) is 0 Å².